The monoisotopic (exact) mass is 689 g/mol. The van der Waals surface area contributed by atoms with Crippen molar-refractivity contribution >= 4 is 43.5 Å². The van der Waals surface area contributed by atoms with Gasteiger partial charge in [0.2, 0.25) is 11.8 Å². The Morgan fingerprint density at radius 3 is 2.30 bits per heavy atom. The molecular weight excluding hydrogens is 653 g/mol. The van der Waals surface area contributed by atoms with Crippen LogP contribution in [0.25, 0.3) is 0 Å². The zero-order chi connectivity index (χ0) is 31.9. The summed E-state index contributed by atoms with van der Waals surface area (Å²) >= 11 is 3.45. The van der Waals surface area contributed by atoms with Crippen molar-refractivity contribution in [3.63, 3.8) is 0 Å². The molecule has 1 aliphatic rings. The molecule has 3 aromatic rings. The molecule has 0 heterocycles. The molecule has 0 aliphatic heterocycles. The molecule has 44 heavy (non-hydrogen) atoms. The van der Waals surface area contributed by atoms with E-state index >= 15 is 0 Å². The SMILES string of the molecule is COc1ccc(S(=O)(=O)N(CC(=O)N(Cc2cccc(Br)c2)[C@H](C)C(=O)NC2CCCCC2)c2ccc(F)cc2)cc1OC. The van der Waals surface area contributed by atoms with Crippen molar-refractivity contribution in [2.24, 2.45) is 0 Å². The van der Waals surface area contributed by atoms with Gasteiger partial charge in [-0.2, -0.15) is 0 Å². The van der Waals surface area contributed by atoms with Crippen molar-refractivity contribution in [1.82, 2.24) is 10.2 Å². The van der Waals surface area contributed by atoms with Crippen LogP contribution in [0.5, 0.6) is 11.5 Å². The van der Waals surface area contributed by atoms with Crippen LogP contribution in [0.15, 0.2) is 76.1 Å². The van der Waals surface area contributed by atoms with E-state index < -0.39 is 34.3 Å². The van der Waals surface area contributed by atoms with Gasteiger partial charge in [0.1, 0.15) is 18.4 Å². The van der Waals surface area contributed by atoms with E-state index in [4.69, 9.17) is 9.47 Å². The first-order valence-corrected chi connectivity index (χ1v) is 16.6. The normalized spacial score (nSPS) is 14.4. The van der Waals surface area contributed by atoms with Gasteiger partial charge in [-0.3, -0.25) is 13.9 Å². The molecule has 12 heteroatoms. The molecule has 9 nitrogen and oxygen atoms in total. The summed E-state index contributed by atoms with van der Waals surface area (Å²) in [5, 5.41) is 3.08. The third-order valence-electron chi connectivity index (χ3n) is 7.70. The summed E-state index contributed by atoms with van der Waals surface area (Å²) in [4.78, 5) is 28.8. The van der Waals surface area contributed by atoms with Crippen LogP contribution in [0, 0.1) is 5.82 Å². The van der Waals surface area contributed by atoms with Gasteiger partial charge in [-0.05, 0) is 73.9 Å². The Morgan fingerprint density at radius 1 is 0.977 bits per heavy atom. The third kappa shape index (κ3) is 8.09. The zero-order valence-corrected chi connectivity index (χ0v) is 27.4. The summed E-state index contributed by atoms with van der Waals surface area (Å²) in [6.07, 6.45) is 4.93. The average molecular weight is 691 g/mol. The van der Waals surface area contributed by atoms with Crippen LogP contribution in [-0.2, 0) is 26.2 Å². The van der Waals surface area contributed by atoms with Crippen LogP contribution in [0.4, 0.5) is 10.1 Å². The number of nitrogens with one attached hydrogen (secondary N) is 1. The van der Waals surface area contributed by atoms with Gasteiger partial charge in [-0.1, -0.05) is 47.3 Å². The molecule has 0 aromatic heterocycles. The van der Waals surface area contributed by atoms with Crippen LogP contribution < -0.4 is 19.1 Å². The Bertz CT molecular complexity index is 1560. The molecule has 1 fully saturated rings. The Morgan fingerprint density at radius 2 is 1.66 bits per heavy atom. The second-order valence-electron chi connectivity index (χ2n) is 10.7. The Hall–Kier alpha value is -3.64. The smallest absolute Gasteiger partial charge is 0.264 e. The topological polar surface area (TPSA) is 105 Å². The molecule has 1 saturated carbocycles. The minimum absolute atomic E-state index is 0.0302. The fraction of sp³-hybridized carbons (Fsp3) is 0.375. The number of amides is 2. The molecule has 0 unspecified atom stereocenters. The van der Waals surface area contributed by atoms with E-state index in [1.165, 1.54) is 49.5 Å². The van der Waals surface area contributed by atoms with Crippen LogP contribution in [0.2, 0.25) is 0 Å². The van der Waals surface area contributed by atoms with Crippen LogP contribution in [-0.4, -0.2) is 58.0 Å². The molecule has 1 N–H and O–H groups in total. The number of anilines is 1. The number of sulfonamides is 1. The molecule has 1 atom stereocenters. The lowest BCUT2D eigenvalue weighted by Crippen LogP contribution is -2.53. The second-order valence-corrected chi connectivity index (χ2v) is 13.5. The number of nitrogens with zero attached hydrogens (tertiary/aromatic N) is 2. The Labute approximate surface area is 266 Å². The molecule has 236 valence electrons. The van der Waals surface area contributed by atoms with Gasteiger partial charge >= 0.3 is 0 Å². The van der Waals surface area contributed by atoms with E-state index in [0.29, 0.717) is 5.75 Å². The highest BCUT2D eigenvalue weighted by Crippen LogP contribution is 2.32. The fourth-order valence-corrected chi connectivity index (χ4v) is 7.10. The minimum atomic E-state index is -4.38. The standard InChI is InChI=1S/C32H37BrFN3O6S/c1-22(32(39)35-26-10-5-4-6-11-26)36(20-23-8-7-9-24(33)18-23)31(38)21-37(27-14-12-25(34)13-15-27)44(40,41)28-16-17-29(42-2)30(19-28)43-3/h7-9,12-19,22,26H,4-6,10-11,20-21H2,1-3H3,(H,35,39)/t22-/m1/s1. The molecule has 3 aromatic carbocycles. The number of methoxy groups -OCH3 is 2. The third-order valence-corrected chi connectivity index (χ3v) is 9.96. The Kier molecular flexibility index (Phi) is 11.3. The number of carbonyl (C=O) groups is 2. The van der Waals surface area contributed by atoms with Crippen molar-refractivity contribution in [3.05, 3.63) is 82.6 Å². The van der Waals surface area contributed by atoms with E-state index in [0.717, 1.165) is 58.6 Å². The lowest BCUT2D eigenvalue weighted by molar-refractivity contribution is -0.139. The fourth-order valence-electron chi connectivity index (χ4n) is 5.22. The van der Waals surface area contributed by atoms with Crippen molar-refractivity contribution in [2.75, 3.05) is 25.1 Å². The molecule has 0 radical (unpaired) electrons. The molecule has 4 rings (SSSR count). The summed E-state index contributed by atoms with van der Waals surface area (Å²) in [7, 11) is -1.57. The maximum atomic E-state index is 14.1. The molecule has 2 amide bonds. The number of carbonyl (C=O) groups excluding carboxylic acids is 2. The van der Waals surface area contributed by atoms with Crippen molar-refractivity contribution in [3.8, 4) is 11.5 Å². The van der Waals surface area contributed by atoms with Crippen LogP contribution in [0.3, 0.4) is 0 Å². The largest absolute Gasteiger partial charge is 0.493 e. The highest BCUT2D eigenvalue weighted by molar-refractivity contribution is 9.10. The van der Waals surface area contributed by atoms with Crippen LogP contribution in [0.1, 0.15) is 44.6 Å². The van der Waals surface area contributed by atoms with Gasteiger partial charge < -0.3 is 19.7 Å². The van der Waals surface area contributed by atoms with E-state index in [2.05, 4.69) is 21.2 Å². The van der Waals surface area contributed by atoms with Gasteiger partial charge in [-0.25, -0.2) is 12.8 Å². The first kappa shape index (κ1) is 33.3. The van der Waals surface area contributed by atoms with Gasteiger partial charge in [0.15, 0.2) is 11.5 Å². The summed E-state index contributed by atoms with van der Waals surface area (Å²) in [5.74, 6) is -0.967. The maximum Gasteiger partial charge on any atom is 0.264 e. The summed E-state index contributed by atoms with van der Waals surface area (Å²) in [5.41, 5.74) is 0.831. The Balaban J connectivity index is 1.70. The van der Waals surface area contributed by atoms with E-state index in [1.807, 2.05) is 24.3 Å². The average Bonchev–Trinajstić information content (AvgIpc) is 3.02. The number of hydrogen-bond acceptors (Lipinski definition) is 6. The molecule has 0 bridgehead atoms. The zero-order valence-electron chi connectivity index (χ0n) is 25.0. The number of halogens is 2. The predicted molar refractivity (Wildman–Crippen MR) is 170 cm³/mol. The van der Waals surface area contributed by atoms with Crippen molar-refractivity contribution < 1.29 is 31.9 Å². The first-order valence-electron chi connectivity index (χ1n) is 14.4. The van der Waals surface area contributed by atoms with E-state index in [9.17, 15) is 22.4 Å². The quantitative estimate of drug-likeness (QED) is 0.263. The molecule has 0 saturated heterocycles. The lowest BCUT2D eigenvalue weighted by atomic mass is 9.95. The number of hydrogen-bond donors (Lipinski definition) is 1. The van der Waals surface area contributed by atoms with Gasteiger partial charge in [0.05, 0.1) is 24.8 Å². The highest BCUT2D eigenvalue weighted by Gasteiger charge is 2.33. The second kappa shape index (κ2) is 14.9. The van der Waals surface area contributed by atoms with Crippen molar-refractivity contribution in [1.29, 1.82) is 0 Å². The summed E-state index contributed by atoms with van der Waals surface area (Å²) in [6, 6.07) is 15.4. The molecular formula is C32H37BrFN3O6S. The first-order chi connectivity index (χ1) is 21.0. The van der Waals surface area contributed by atoms with Gasteiger partial charge in [0.25, 0.3) is 10.0 Å². The number of rotatable bonds is 12. The van der Waals surface area contributed by atoms with Crippen molar-refractivity contribution in [2.45, 2.75) is 62.6 Å². The summed E-state index contributed by atoms with van der Waals surface area (Å²) in [6.45, 7) is 1.06. The number of benzene rings is 3. The molecule has 1 aliphatic carbocycles. The van der Waals surface area contributed by atoms with Gasteiger partial charge in [0, 0.05) is 23.1 Å². The van der Waals surface area contributed by atoms with Gasteiger partial charge in [-0.15, -0.1) is 0 Å². The minimum Gasteiger partial charge on any atom is -0.493 e. The molecule has 0 spiro atoms. The number of ether oxygens (including phenoxy) is 2. The van der Waals surface area contributed by atoms with E-state index in [1.54, 1.807) is 6.92 Å². The van der Waals surface area contributed by atoms with E-state index in [-0.39, 0.29) is 34.8 Å². The summed E-state index contributed by atoms with van der Waals surface area (Å²) < 4.78 is 54.3. The maximum absolute atomic E-state index is 14.1. The lowest BCUT2D eigenvalue weighted by Gasteiger charge is -2.33. The highest BCUT2D eigenvalue weighted by atomic mass is 79.9. The van der Waals surface area contributed by atoms with Crippen LogP contribution >= 0.6 is 15.9 Å². The predicted octanol–water partition coefficient (Wildman–Crippen LogP) is 5.67.